The molecule has 2 aromatic rings. The first-order chi connectivity index (χ1) is 13.7. The predicted molar refractivity (Wildman–Crippen MR) is 107 cm³/mol. The largest absolute Gasteiger partial charge is 0.368 e. The number of nitroso groups, excluding NO2 is 1. The van der Waals surface area contributed by atoms with E-state index in [1.54, 1.807) is 41.9 Å². The van der Waals surface area contributed by atoms with E-state index in [1.807, 2.05) is 11.8 Å². The Balaban J connectivity index is 1.81. The second-order valence-electron chi connectivity index (χ2n) is 6.84. The van der Waals surface area contributed by atoms with Crippen LogP contribution in [-0.2, 0) is 10.0 Å². The predicted octanol–water partition coefficient (Wildman–Crippen LogP) is 1.67. The van der Waals surface area contributed by atoms with Crippen molar-refractivity contribution in [2.45, 2.75) is 11.8 Å². The number of amides is 1. The highest BCUT2D eigenvalue weighted by Gasteiger charge is 2.30. The normalized spacial score (nSPS) is 15.2. The minimum atomic E-state index is -3.59. The van der Waals surface area contributed by atoms with Gasteiger partial charge in [0.1, 0.15) is 0 Å². The van der Waals surface area contributed by atoms with E-state index in [2.05, 4.69) is 0 Å². The summed E-state index contributed by atoms with van der Waals surface area (Å²) >= 11 is 0. The fourth-order valence-corrected chi connectivity index (χ4v) is 4.69. The van der Waals surface area contributed by atoms with E-state index >= 15 is 0 Å². The van der Waals surface area contributed by atoms with E-state index in [-0.39, 0.29) is 29.2 Å². The molecule has 0 bridgehead atoms. The molecule has 1 amide bonds. The lowest BCUT2D eigenvalue weighted by atomic mass is 10.1. The second kappa shape index (κ2) is 8.27. The number of nitrogens with zero attached hydrogens (tertiary/aromatic N) is 3. The standard InChI is InChI=1S/C19H22N4O5S/c1-14-3-6-16(7-4-14)29(27,28)23-11-9-22(10-12-23)18-8-5-15(21(2)26)13-17(18)19(24)20-25/h3-8,13H,9-12H2,1-2H3,(H-,20,24,25)/p+1. The number of carbonyl (C=O) groups is 1. The Hall–Kier alpha value is -2.82. The molecule has 3 rings (SSSR count). The molecule has 0 radical (unpaired) electrons. The zero-order chi connectivity index (χ0) is 21.2. The lowest BCUT2D eigenvalue weighted by Crippen LogP contribution is -2.49. The van der Waals surface area contributed by atoms with Gasteiger partial charge in [-0.1, -0.05) is 17.7 Å². The van der Waals surface area contributed by atoms with Gasteiger partial charge in [0.25, 0.3) is 11.6 Å². The van der Waals surface area contributed by atoms with Crippen LogP contribution in [0.2, 0.25) is 0 Å². The third kappa shape index (κ3) is 4.29. The maximum Gasteiger partial charge on any atom is 0.276 e. The molecule has 0 aromatic heterocycles. The summed E-state index contributed by atoms with van der Waals surface area (Å²) in [5, 5.41) is 9.04. The molecule has 1 saturated heterocycles. The quantitative estimate of drug-likeness (QED) is 0.433. The van der Waals surface area contributed by atoms with Crippen molar-refractivity contribution in [3.05, 3.63) is 58.5 Å². The monoisotopic (exact) mass is 419 g/mol. The average Bonchev–Trinajstić information content (AvgIpc) is 2.73. The van der Waals surface area contributed by atoms with Gasteiger partial charge in [0.05, 0.1) is 16.1 Å². The number of hydrogen-bond acceptors (Lipinski definition) is 6. The number of nitrogens with one attached hydrogen (secondary N) is 1. The van der Waals surface area contributed by atoms with E-state index in [4.69, 9.17) is 5.21 Å². The molecule has 9 nitrogen and oxygen atoms in total. The van der Waals surface area contributed by atoms with Crippen LogP contribution in [0.1, 0.15) is 15.9 Å². The number of rotatable bonds is 5. The lowest BCUT2D eigenvalue weighted by Gasteiger charge is -2.36. The van der Waals surface area contributed by atoms with E-state index in [9.17, 15) is 18.1 Å². The molecule has 1 heterocycles. The van der Waals surface area contributed by atoms with Crippen molar-refractivity contribution in [1.82, 2.24) is 9.79 Å². The number of aryl methyl sites for hydroxylation is 1. The molecule has 2 N–H and O–H groups in total. The van der Waals surface area contributed by atoms with Crippen LogP contribution in [0.3, 0.4) is 0 Å². The van der Waals surface area contributed by atoms with Gasteiger partial charge in [0.2, 0.25) is 10.0 Å². The summed E-state index contributed by atoms with van der Waals surface area (Å²) in [6.07, 6.45) is 0. The molecule has 2 aromatic carbocycles. The molecule has 0 unspecified atom stereocenters. The smallest absolute Gasteiger partial charge is 0.276 e. The van der Waals surface area contributed by atoms with E-state index in [1.165, 1.54) is 17.4 Å². The Kier molecular flexibility index (Phi) is 5.96. The molecule has 0 spiro atoms. The van der Waals surface area contributed by atoms with E-state index in [0.29, 0.717) is 23.5 Å². The molecule has 29 heavy (non-hydrogen) atoms. The summed E-state index contributed by atoms with van der Waals surface area (Å²) in [4.78, 5) is 25.7. The summed E-state index contributed by atoms with van der Waals surface area (Å²) in [6.45, 7) is 3.12. The van der Waals surface area contributed by atoms with Gasteiger partial charge in [-0.15, -0.1) is 0 Å². The van der Waals surface area contributed by atoms with Gasteiger partial charge in [-0.2, -0.15) is 4.31 Å². The Bertz CT molecular complexity index is 1030. The van der Waals surface area contributed by atoms with Crippen LogP contribution in [0.15, 0.2) is 47.4 Å². The van der Waals surface area contributed by atoms with Gasteiger partial charge in [-0.05, 0) is 25.1 Å². The third-order valence-electron chi connectivity index (χ3n) is 4.93. The van der Waals surface area contributed by atoms with Crippen molar-refractivity contribution in [3.63, 3.8) is 0 Å². The van der Waals surface area contributed by atoms with Crippen LogP contribution in [0.5, 0.6) is 0 Å². The van der Waals surface area contributed by atoms with Crippen LogP contribution in [0.25, 0.3) is 0 Å². The highest BCUT2D eigenvalue weighted by molar-refractivity contribution is 7.89. The third-order valence-corrected chi connectivity index (χ3v) is 6.84. The van der Waals surface area contributed by atoms with Crippen LogP contribution in [0, 0.1) is 11.8 Å². The topological polar surface area (TPSA) is 110 Å². The van der Waals surface area contributed by atoms with Crippen molar-refractivity contribution in [2.24, 2.45) is 0 Å². The Labute approximate surface area is 169 Å². The molecule has 154 valence electrons. The van der Waals surface area contributed by atoms with Gasteiger partial charge < -0.3 is 4.90 Å². The van der Waals surface area contributed by atoms with Crippen molar-refractivity contribution in [1.29, 1.82) is 0 Å². The maximum atomic E-state index is 12.9. The molecule has 1 fully saturated rings. The zero-order valence-electron chi connectivity index (χ0n) is 16.2. The molecule has 10 heteroatoms. The van der Waals surface area contributed by atoms with Gasteiger partial charge in [0, 0.05) is 48.0 Å². The minimum absolute atomic E-state index is 0.141. The number of hydroxylamine groups is 1. The SMILES string of the molecule is Cc1ccc(S(=O)(=O)N2CCN(c3ccc([N+](C)=O)cc3C(=O)NO)CC2)cc1. The summed E-state index contributed by atoms with van der Waals surface area (Å²) in [5.74, 6) is -0.738. The van der Waals surface area contributed by atoms with Crippen LogP contribution in [-0.4, -0.2) is 61.8 Å². The molecule has 0 atom stereocenters. The first-order valence-corrected chi connectivity index (χ1v) is 10.5. The van der Waals surface area contributed by atoms with E-state index < -0.39 is 15.9 Å². The summed E-state index contributed by atoms with van der Waals surface area (Å²) in [5.41, 5.74) is 3.51. The Morgan fingerprint density at radius 3 is 2.24 bits per heavy atom. The number of piperazine rings is 1. The maximum absolute atomic E-state index is 12.9. The van der Waals surface area contributed by atoms with Gasteiger partial charge in [0.15, 0.2) is 7.05 Å². The van der Waals surface area contributed by atoms with E-state index in [0.717, 1.165) is 5.56 Å². The number of anilines is 1. The van der Waals surface area contributed by atoms with Gasteiger partial charge in [-0.3, -0.25) is 10.0 Å². The van der Waals surface area contributed by atoms with Crippen molar-refractivity contribution in [3.8, 4) is 0 Å². The minimum Gasteiger partial charge on any atom is -0.368 e. The first-order valence-electron chi connectivity index (χ1n) is 9.05. The number of hydrogen-bond donors (Lipinski definition) is 2. The molecule has 1 aliphatic rings. The second-order valence-corrected chi connectivity index (χ2v) is 8.78. The number of sulfonamides is 1. The fraction of sp³-hybridized carbons (Fsp3) is 0.316. The summed E-state index contributed by atoms with van der Waals surface area (Å²) in [7, 11) is -2.28. The highest BCUT2D eigenvalue weighted by Crippen LogP contribution is 2.27. The van der Waals surface area contributed by atoms with Crippen molar-refractivity contribution >= 4 is 27.3 Å². The molecular formula is C19H23N4O5S+. The Morgan fingerprint density at radius 2 is 1.69 bits per heavy atom. The first kappa shape index (κ1) is 20.9. The fourth-order valence-electron chi connectivity index (χ4n) is 3.27. The molecular weight excluding hydrogens is 396 g/mol. The highest BCUT2D eigenvalue weighted by atomic mass is 32.2. The molecule has 0 aliphatic carbocycles. The zero-order valence-corrected chi connectivity index (χ0v) is 17.0. The summed E-state index contributed by atoms with van der Waals surface area (Å²) in [6, 6.07) is 11.3. The Morgan fingerprint density at radius 1 is 1.07 bits per heavy atom. The van der Waals surface area contributed by atoms with Crippen molar-refractivity contribution < 1.29 is 23.2 Å². The van der Waals surface area contributed by atoms with Gasteiger partial charge in [-0.25, -0.2) is 13.9 Å². The van der Waals surface area contributed by atoms with Gasteiger partial charge >= 0.3 is 0 Å². The van der Waals surface area contributed by atoms with Crippen molar-refractivity contribution in [2.75, 3.05) is 38.1 Å². The average molecular weight is 419 g/mol. The molecule has 1 aliphatic heterocycles. The van der Waals surface area contributed by atoms with Crippen LogP contribution >= 0.6 is 0 Å². The lowest BCUT2D eigenvalue weighted by molar-refractivity contribution is -0.428. The van der Waals surface area contributed by atoms with Crippen LogP contribution < -0.4 is 10.4 Å². The number of carbonyl (C=O) groups excluding carboxylic acids is 1. The summed E-state index contributed by atoms with van der Waals surface area (Å²) < 4.78 is 27.7. The molecule has 0 saturated carbocycles. The van der Waals surface area contributed by atoms with Crippen LogP contribution in [0.4, 0.5) is 11.4 Å². The number of benzene rings is 2.